The SMILES string of the molecule is CC(C)(N)CNc1ccc(C#N)cc1[N+](=O)[O-]. The molecule has 0 spiro atoms. The molecule has 0 fully saturated rings. The summed E-state index contributed by atoms with van der Waals surface area (Å²) >= 11 is 0. The van der Waals surface area contributed by atoms with Gasteiger partial charge in [0.15, 0.2) is 0 Å². The van der Waals surface area contributed by atoms with E-state index in [2.05, 4.69) is 5.32 Å². The summed E-state index contributed by atoms with van der Waals surface area (Å²) in [7, 11) is 0. The van der Waals surface area contributed by atoms with Gasteiger partial charge < -0.3 is 11.1 Å². The van der Waals surface area contributed by atoms with Gasteiger partial charge in [0.25, 0.3) is 5.69 Å². The van der Waals surface area contributed by atoms with Crippen LogP contribution in [0.15, 0.2) is 18.2 Å². The zero-order valence-corrected chi connectivity index (χ0v) is 9.73. The van der Waals surface area contributed by atoms with Gasteiger partial charge in [-0.05, 0) is 26.0 Å². The van der Waals surface area contributed by atoms with E-state index in [0.717, 1.165) is 0 Å². The minimum absolute atomic E-state index is 0.117. The molecule has 0 aliphatic rings. The van der Waals surface area contributed by atoms with Crippen molar-refractivity contribution < 1.29 is 4.92 Å². The molecular weight excluding hydrogens is 220 g/mol. The summed E-state index contributed by atoms with van der Waals surface area (Å²) in [4.78, 5) is 10.3. The smallest absolute Gasteiger partial charge is 0.293 e. The summed E-state index contributed by atoms with van der Waals surface area (Å²) in [6.07, 6.45) is 0. The van der Waals surface area contributed by atoms with Gasteiger partial charge in [-0.1, -0.05) is 0 Å². The molecule has 17 heavy (non-hydrogen) atoms. The molecule has 0 atom stereocenters. The van der Waals surface area contributed by atoms with E-state index < -0.39 is 10.5 Å². The molecule has 0 saturated heterocycles. The van der Waals surface area contributed by atoms with Crippen LogP contribution in [0.1, 0.15) is 19.4 Å². The van der Waals surface area contributed by atoms with Gasteiger partial charge >= 0.3 is 0 Å². The van der Waals surface area contributed by atoms with Crippen molar-refractivity contribution in [1.82, 2.24) is 0 Å². The van der Waals surface area contributed by atoms with Crippen LogP contribution < -0.4 is 11.1 Å². The van der Waals surface area contributed by atoms with Crippen molar-refractivity contribution in [2.24, 2.45) is 5.73 Å². The molecule has 0 heterocycles. The van der Waals surface area contributed by atoms with Crippen molar-refractivity contribution in [2.75, 3.05) is 11.9 Å². The highest BCUT2D eigenvalue weighted by atomic mass is 16.6. The fraction of sp³-hybridized carbons (Fsp3) is 0.364. The molecule has 90 valence electrons. The first kappa shape index (κ1) is 12.9. The first-order valence-electron chi connectivity index (χ1n) is 5.05. The van der Waals surface area contributed by atoms with E-state index in [4.69, 9.17) is 11.0 Å². The summed E-state index contributed by atoms with van der Waals surface area (Å²) in [5.41, 5.74) is 5.82. The third-order valence-electron chi connectivity index (χ3n) is 2.06. The summed E-state index contributed by atoms with van der Waals surface area (Å²) in [5, 5.41) is 22.4. The second-order valence-electron chi connectivity index (χ2n) is 4.44. The Labute approximate surface area is 99.2 Å². The summed E-state index contributed by atoms with van der Waals surface area (Å²) < 4.78 is 0. The molecule has 0 radical (unpaired) electrons. The van der Waals surface area contributed by atoms with Crippen LogP contribution >= 0.6 is 0 Å². The van der Waals surface area contributed by atoms with Crippen molar-refractivity contribution in [3.63, 3.8) is 0 Å². The predicted octanol–water partition coefficient (Wildman–Crippen LogP) is 1.62. The zero-order valence-electron chi connectivity index (χ0n) is 9.73. The highest BCUT2D eigenvalue weighted by molar-refractivity contribution is 5.64. The van der Waals surface area contributed by atoms with Gasteiger partial charge in [-0.3, -0.25) is 10.1 Å². The summed E-state index contributed by atoms with van der Waals surface area (Å²) in [6.45, 7) is 4.03. The maximum absolute atomic E-state index is 10.8. The largest absolute Gasteiger partial charge is 0.378 e. The monoisotopic (exact) mass is 234 g/mol. The van der Waals surface area contributed by atoms with E-state index in [1.54, 1.807) is 0 Å². The zero-order chi connectivity index (χ0) is 13.1. The number of hydrogen-bond acceptors (Lipinski definition) is 5. The first-order chi connectivity index (χ1) is 7.83. The molecule has 0 aliphatic carbocycles. The van der Waals surface area contributed by atoms with Crippen LogP contribution in [0.3, 0.4) is 0 Å². The highest BCUT2D eigenvalue weighted by Crippen LogP contribution is 2.25. The predicted molar refractivity (Wildman–Crippen MR) is 64.6 cm³/mol. The van der Waals surface area contributed by atoms with Gasteiger partial charge in [0.2, 0.25) is 0 Å². The molecule has 3 N–H and O–H groups in total. The molecule has 6 heteroatoms. The molecule has 0 unspecified atom stereocenters. The number of nitrogens with zero attached hydrogens (tertiary/aromatic N) is 2. The van der Waals surface area contributed by atoms with Gasteiger partial charge in [-0.2, -0.15) is 5.26 Å². The molecule has 1 aromatic rings. The Morgan fingerprint density at radius 1 is 1.59 bits per heavy atom. The Kier molecular flexibility index (Phi) is 3.66. The van der Waals surface area contributed by atoms with Crippen LogP contribution in [0.5, 0.6) is 0 Å². The minimum Gasteiger partial charge on any atom is -0.378 e. The molecule has 1 aromatic carbocycles. The van der Waals surface area contributed by atoms with Crippen LogP contribution in [0, 0.1) is 21.4 Å². The molecule has 0 bridgehead atoms. The fourth-order valence-corrected chi connectivity index (χ4v) is 1.22. The Balaban J connectivity index is 3.00. The van der Waals surface area contributed by atoms with Crippen LogP contribution in [-0.2, 0) is 0 Å². The Hall–Kier alpha value is -2.13. The fourth-order valence-electron chi connectivity index (χ4n) is 1.22. The topological polar surface area (TPSA) is 105 Å². The van der Waals surface area contributed by atoms with Gasteiger partial charge in [0, 0.05) is 18.2 Å². The van der Waals surface area contributed by atoms with Crippen LogP contribution in [0.25, 0.3) is 0 Å². The average Bonchev–Trinajstić information content (AvgIpc) is 2.25. The van der Waals surface area contributed by atoms with E-state index in [9.17, 15) is 10.1 Å². The minimum atomic E-state index is -0.521. The van der Waals surface area contributed by atoms with Gasteiger partial charge in [-0.15, -0.1) is 0 Å². The maximum atomic E-state index is 10.8. The number of rotatable bonds is 4. The number of nitro groups is 1. The molecule has 0 saturated carbocycles. The number of nitro benzene ring substituents is 1. The Bertz CT molecular complexity index is 471. The number of nitrogens with two attached hydrogens (primary N) is 1. The number of nitrogens with one attached hydrogen (secondary N) is 1. The van der Waals surface area contributed by atoms with Crippen molar-refractivity contribution in [3.05, 3.63) is 33.9 Å². The molecule has 0 aromatic heterocycles. The third-order valence-corrected chi connectivity index (χ3v) is 2.06. The lowest BCUT2D eigenvalue weighted by molar-refractivity contribution is -0.384. The van der Waals surface area contributed by atoms with Crippen LogP contribution in [-0.4, -0.2) is 17.0 Å². The number of anilines is 1. The third kappa shape index (κ3) is 3.74. The number of benzene rings is 1. The van der Waals surface area contributed by atoms with E-state index in [0.29, 0.717) is 12.2 Å². The molecule has 1 rings (SSSR count). The maximum Gasteiger partial charge on any atom is 0.293 e. The van der Waals surface area contributed by atoms with Crippen molar-refractivity contribution >= 4 is 11.4 Å². The second kappa shape index (κ2) is 4.80. The molecule has 6 nitrogen and oxygen atoms in total. The van der Waals surface area contributed by atoms with E-state index >= 15 is 0 Å². The molecular formula is C11H14N4O2. The van der Waals surface area contributed by atoms with Gasteiger partial charge in [0.1, 0.15) is 5.69 Å². The first-order valence-corrected chi connectivity index (χ1v) is 5.05. The second-order valence-corrected chi connectivity index (χ2v) is 4.44. The number of hydrogen-bond donors (Lipinski definition) is 2. The van der Waals surface area contributed by atoms with Gasteiger partial charge in [0.05, 0.1) is 16.6 Å². The van der Waals surface area contributed by atoms with E-state index in [-0.39, 0.29) is 11.3 Å². The van der Waals surface area contributed by atoms with Crippen molar-refractivity contribution in [2.45, 2.75) is 19.4 Å². The van der Waals surface area contributed by atoms with Crippen molar-refractivity contribution in [1.29, 1.82) is 5.26 Å². The quantitative estimate of drug-likeness (QED) is 0.608. The van der Waals surface area contributed by atoms with Gasteiger partial charge in [-0.25, -0.2) is 0 Å². The standard InChI is InChI=1S/C11H14N4O2/c1-11(2,13)7-14-9-4-3-8(6-12)5-10(9)15(16)17/h3-5,14H,7,13H2,1-2H3. The lowest BCUT2D eigenvalue weighted by Gasteiger charge is -2.19. The average molecular weight is 234 g/mol. The lowest BCUT2D eigenvalue weighted by Crippen LogP contribution is -2.39. The van der Waals surface area contributed by atoms with Crippen LogP contribution in [0.2, 0.25) is 0 Å². The Morgan fingerprint density at radius 2 is 2.24 bits per heavy atom. The molecule has 0 amide bonds. The summed E-state index contributed by atoms with van der Waals surface area (Å²) in [6, 6.07) is 6.15. The molecule has 0 aliphatic heterocycles. The number of nitriles is 1. The Morgan fingerprint density at radius 3 is 2.71 bits per heavy atom. The summed E-state index contributed by atoms with van der Waals surface area (Å²) in [5.74, 6) is 0. The highest BCUT2D eigenvalue weighted by Gasteiger charge is 2.17. The lowest BCUT2D eigenvalue weighted by atomic mass is 10.1. The van der Waals surface area contributed by atoms with E-state index in [1.165, 1.54) is 18.2 Å². The normalized spacial score (nSPS) is 10.7. The van der Waals surface area contributed by atoms with E-state index in [1.807, 2.05) is 19.9 Å². The van der Waals surface area contributed by atoms with Crippen molar-refractivity contribution in [3.8, 4) is 6.07 Å². The van der Waals surface area contributed by atoms with Crippen LogP contribution in [0.4, 0.5) is 11.4 Å².